The van der Waals surface area contributed by atoms with E-state index in [1.807, 2.05) is 42.5 Å². The van der Waals surface area contributed by atoms with Gasteiger partial charge in [-0.05, 0) is 23.6 Å². The largest absolute Gasteiger partial charge is 0.387 e. The van der Waals surface area contributed by atoms with Crippen LogP contribution in [-0.4, -0.2) is 21.6 Å². The smallest absolute Gasteiger partial charge is 0.134 e. The molecule has 1 unspecified atom stereocenters. The Kier molecular flexibility index (Phi) is 5.08. The third-order valence-electron chi connectivity index (χ3n) is 3.69. The Bertz CT molecular complexity index is 786. The number of benzene rings is 2. The van der Waals surface area contributed by atoms with Crippen molar-refractivity contribution in [3.8, 4) is 11.1 Å². The van der Waals surface area contributed by atoms with Crippen LogP contribution in [0.2, 0.25) is 5.15 Å². The van der Waals surface area contributed by atoms with E-state index in [0.717, 1.165) is 16.7 Å². The lowest BCUT2D eigenvalue weighted by atomic mass is 10.0. The van der Waals surface area contributed by atoms with E-state index in [-0.39, 0.29) is 0 Å². The van der Waals surface area contributed by atoms with Crippen LogP contribution >= 0.6 is 11.6 Å². The minimum Gasteiger partial charge on any atom is -0.387 e. The maximum Gasteiger partial charge on any atom is 0.134 e. The molecule has 1 aromatic heterocycles. The first-order valence-electron chi connectivity index (χ1n) is 7.70. The van der Waals surface area contributed by atoms with E-state index in [4.69, 9.17) is 11.6 Å². The highest BCUT2D eigenvalue weighted by molar-refractivity contribution is 6.29. The van der Waals surface area contributed by atoms with Gasteiger partial charge in [0.05, 0.1) is 6.10 Å². The number of halogens is 1. The molecule has 24 heavy (non-hydrogen) atoms. The Morgan fingerprint density at radius 1 is 1.00 bits per heavy atom. The normalized spacial score (nSPS) is 12.0. The van der Waals surface area contributed by atoms with Gasteiger partial charge in [-0.25, -0.2) is 9.97 Å². The van der Waals surface area contributed by atoms with Gasteiger partial charge in [0.15, 0.2) is 0 Å². The summed E-state index contributed by atoms with van der Waals surface area (Å²) in [6.45, 7) is 2.12. The van der Waals surface area contributed by atoms with Crippen LogP contribution in [0.5, 0.6) is 0 Å². The Hall–Kier alpha value is -2.43. The molecule has 0 aliphatic heterocycles. The van der Waals surface area contributed by atoms with Gasteiger partial charge in [-0.3, -0.25) is 0 Å². The van der Waals surface area contributed by atoms with Gasteiger partial charge in [0.2, 0.25) is 0 Å². The van der Waals surface area contributed by atoms with Crippen molar-refractivity contribution in [1.82, 2.24) is 9.97 Å². The second kappa shape index (κ2) is 7.43. The zero-order valence-electron chi connectivity index (χ0n) is 13.3. The van der Waals surface area contributed by atoms with Gasteiger partial charge < -0.3 is 10.4 Å². The first-order chi connectivity index (χ1) is 11.6. The maximum absolute atomic E-state index is 10.3. The SMILES string of the molecule is Cc1nc(Cl)cc(NCC(O)c2ccc(-c3ccccc3)cc2)n1. The Morgan fingerprint density at radius 3 is 2.33 bits per heavy atom. The number of anilines is 1. The molecule has 2 aromatic carbocycles. The molecule has 0 spiro atoms. The topological polar surface area (TPSA) is 58.0 Å². The van der Waals surface area contributed by atoms with Crippen molar-refractivity contribution >= 4 is 17.4 Å². The lowest BCUT2D eigenvalue weighted by Crippen LogP contribution is -2.13. The fourth-order valence-corrected chi connectivity index (χ4v) is 2.69. The van der Waals surface area contributed by atoms with E-state index in [1.54, 1.807) is 13.0 Å². The van der Waals surface area contributed by atoms with Gasteiger partial charge >= 0.3 is 0 Å². The fourth-order valence-electron chi connectivity index (χ4n) is 2.47. The number of hydrogen-bond donors (Lipinski definition) is 2. The fraction of sp³-hybridized carbons (Fsp3) is 0.158. The van der Waals surface area contributed by atoms with E-state index in [9.17, 15) is 5.11 Å². The first-order valence-corrected chi connectivity index (χ1v) is 8.08. The zero-order chi connectivity index (χ0) is 16.9. The van der Waals surface area contributed by atoms with Gasteiger partial charge in [-0.1, -0.05) is 66.2 Å². The van der Waals surface area contributed by atoms with Gasteiger partial charge in [0.1, 0.15) is 16.8 Å². The number of rotatable bonds is 5. The Morgan fingerprint density at radius 2 is 1.67 bits per heavy atom. The molecule has 122 valence electrons. The highest BCUT2D eigenvalue weighted by Gasteiger charge is 2.09. The molecule has 0 bridgehead atoms. The molecule has 0 fully saturated rings. The van der Waals surface area contributed by atoms with Crippen LogP contribution in [0.1, 0.15) is 17.5 Å². The van der Waals surface area contributed by atoms with Crippen LogP contribution in [0, 0.1) is 6.92 Å². The van der Waals surface area contributed by atoms with Crippen molar-refractivity contribution in [3.05, 3.63) is 77.2 Å². The molecule has 2 N–H and O–H groups in total. The monoisotopic (exact) mass is 339 g/mol. The molecular formula is C19H18ClN3O. The Balaban J connectivity index is 1.66. The predicted molar refractivity (Wildman–Crippen MR) is 97.1 cm³/mol. The average molecular weight is 340 g/mol. The summed E-state index contributed by atoms with van der Waals surface area (Å²) < 4.78 is 0. The summed E-state index contributed by atoms with van der Waals surface area (Å²) in [7, 11) is 0. The van der Waals surface area contributed by atoms with E-state index in [0.29, 0.717) is 23.3 Å². The second-order valence-corrected chi connectivity index (χ2v) is 5.90. The molecule has 0 aliphatic rings. The van der Waals surface area contributed by atoms with E-state index >= 15 is 0 Å². The quantitative estimate of drug-likeness (QED) is 0.682. The molecule has 3 aromatic rings. The van der Waals surface area contributed by atoms with Gasteiger partial charge in [-0.15, -0.1) is 0 Å². The molecule has 0 aliphatic carbocycles. The van der Waals surface area contributed by atoms with E-state index in [1.165, 1.54) is 0 Å². The molecule has 0 radical (unpaired) electrons. The molecule has 4 nitrogen and oxygen atoms in total. The standard InChI is InChI=1S/C19H18ClN3O/c1-13-22-18(20)11-19(23-13)21-12-17(24)16-9-7-15(8-10-16)14-5-3-2-4-6-14/h2-11,17,24H,12H2,1H3,(H,21,22,23). The van der Waals surface area contributed by atoms with Crippen LogP contribution in [-0.2, 0) is 0 Å². The number of nitrogens with zero attached hydrogens (tertiary/aromatic N) is 2. The molecule has 3 rings (SSSR count). The highest BCUT2D eigenvalue weighted by atomic mass is 35.5. The van der Waals surface area contributed by atoms with Gasteiger partial charge in [0, 0.05) is 12.6 Å². The van der Waals surface area contributed by atoms with Crippen molar-refractivity contribution in [3.63, 3.8) is 0 Å². The molecule has 1 atom stereocenters. The zero-order valence-corrected chi connectivity index (χ0v) is 14.0. The molecule has 1 heterocycles. The summed E-state index contributed by atoms with van der Waals surface area (Å²) >= 11 is 5.90. The van der Waals surface area contributed by atoms with E-state index < -0.39 is 6.10 Å². The highest BCUT2D eigenvalue weighted by Crippen LogP contribution is 2.22. The van der Waals surface area contributed by atoms with Crippen molar-refractivity contribution in [2.45, 2.75) is 13.0 Å². The maximum atomic E-state index is 10.3. The minimum absolute atomic E-state index is 0.345. The number of nitrogens with one attached hydrogen (secondary N) is 1. The lowest BCUT2D eigenvalue weighted by molar-refractivity contribution is 0.191. The summed E-state index contributed by atoms with van der Waals surface area (Å²) in [6.07, 6.45) is -0.635. The van der Waals surface area contributed by atoms with Gasteiger partial charge in [-0.2, -0.15) is 0 Å². The van der Waals surface area contributed by atoms with Gasteiger partial charge in [0.25, 0.3) is 0 Å². The summed E-state index contributed by atoms with van der Waals surface area (Å²) in [5, 5.41) is 13.8. The molecule has 0 amide bonds. The third-order valence-corrected chi connectivity index (χ3v) is 3.88. The molecule has 0 saturated heterocycles. The van der Waals surface area contributed by atoms with Crippen LogP contribution in [0.3, 0.4) is 0 Å². The van der Waals surface area contributed by atoms with Crippen LogP contribution < -0.4 is 5.32 Å². The summed E-state index contributed by atoms with van der Waals surface area (Å²) in [5.74, 6) is 1.19. The number of aryl methyl sites for hydroxylation is 1. The Labute approximate surface area is 146 Å². The van der Waals surface area contributed by atoms with Crippen LogP contribution in [0.15, 0.2) is 60.7 Å². The van der Waals surface area contributed by atoms with Crippen molar-refractivity contribution in [1.29, 1.82) is 0 Å². The van der Waals surface area contributed by atoms with Crippen molar-refractivity contribution < 1.29 is 5.11 Å². The molecular weight excluding hydrogens is 322 g/mol. The lowest BCUT2D eigenvalue weighted by Gasteiger charge is -2.13. The molecule has 5 heteroatoms. The summed E-state index contributed by atoms with van der Waals surface area (Å²) in [4.78, 5) is 8.25. The van der Waals surface area contributed by atoms with Crippen LogP contribution in [0.4, 0.5) is 5.82 Å². The van der Waals surface area contributed by atoms with Crippen molar-refractivity contribution in [2.75, 3.05) is 11.9 Å². The number of aliphatic hydroxyl groups excluding tert-OH is 1. The van der Waals surface area contributed by atoms with E-state index in [2.05, 4.69) is 27.4 Å². The van der Waals surface area contributed by atoms with Crippen LogP contribution in [0.25, 0.3) is 11.1 Å². The summed E-state index contributed by atoms with van der Waals surface area (Å²) in [5.41, 5.74) is 3.12. The average Bonchev–Trinajstić information content (AvgIpc) is 2.60. The minimum atomic E-state index is -0.635. The predicted octanol–water partition coefficient (Wildman–Crippen LogP) is 4.25. The molecule has 0 saturated carbocycles. The number of hydrogen-bond acceptors (Lipinski definition) is 4. The summed E-state index contributed by atoms with van der Waals surface area (Å²) in [6, 6.07) is 19.7. The van der Waals surface area contributed by atoms with Crippen molar-refractivity contribution in [2.24, 2.45) is 0 Å². The third kappa shape index (κ3) is 4.10. The number of aromatic nitrogens is 2. The second-order valence-electron chi connectivity index (χ2n) is 5.51. The number of aliphatic hydroxyl groups is 1. The first kappa shape index (κ1) is 16.4.